The van der Waals surface area contributed by atoms with Gasteiger partial charge in [-0.15, -0.1) is 0 Å². The van der Waals surface area contributed by atoms with Crippen LogP contribution in [0.25, 0.3) is 0 Å². The predicted molar refractivity (Wildman–Crippen MR) is 99.1 cm³/mol. The summed E-state index contributed by atoms with van der Waals surface area (Å²) in [5, 5.41) is 0. The van der Waals surface area contributed by atoms with Crippen LogP contribution in [0.4, 0.5) is 13.2 Å². The van der Waals surface area contributed by atoms with Gasteiger partial charge in [0.1, 0.15) is 11.4 Å². The molecule has 1 aromatic heterocycles. The van der Waals surface area contributed by atoms with Gasteiger partial charge in [-0.1, -0.05) is 12.1 Å². The number of methoxy groups -OCH3 is 1. The third kappa shape index (κ3) is 3.98. The van der Waals surface area contributed by atoms with Gasteiger partial charge in [0.2, 0.25) is 5.91 Å². The van der Waals surface area contributed by atoms with Gasteiger partial charge in [0, 0.05) is 12.7 Å². The van der Waals surface area contributed by atoms with Gasteiger partial charge in [-0.25, -0.2) is 0 Å². The molecule has 1 aromatic carbocycles. The predicted octanol–water partition coefficient (Wildman–Crippen LogP) is 4.63. The third-order valence-corrected chi connectivity index (χ3v) is 5.33. The minimum atomic E-state index is -4.49. The molecule has 1 amide bonds. The van der Waals surface area contributed by atoms with Crippen molar-refractivity contribution in [1.29, 1.82) is 0 Å². The summed E-state index contributed by atoms with van der Waals surface area (Å²) in [7, 11) is 1.62. The first kappa shape index (κ1) is 20.2. The first-order valence-corrected chi connectivity index (χ1v) is 9.18. The number of carbonyl (C=O) groups is 1. The Labute approximate surface area is 162 Å². The number of pyridine rings is 1. The quantitative estimate of drug-likeness (QED) is 0.762. The molecule has 0 bridgehead atoms. The summed E-state index contributed by atoms with van der Waals surface area (Å²) in [6, 6.07) is 6.74. The van der Waals surface area contributed by atoms with E-state index in [1.165, 1.54) is 0 Å². The largest absolute Gasteiger partial charge is 0.496 e. The Hall–Kier alpha value is -2.57. The molecule has 28 heavy (non-hydrogen) atoms. The Bertz CT molecular complexity index is 880. The highest BCUT2D eigenvalue weighted by atomic mass is 19.4. The minimum absolute atomic E-state index is 0.0382. The van der Waals surface area contributed by atoms with Crippen LogP contribution in [0, 0.1) is 13.8 Å². The summed E-state index contributed by atoms with van der Waals surface area (Å²) in [6.07, 6.45) is -1.55. The van der Waals surface area contributed by atoms with E-state index in [2.05, 4.69) is 4.98 Å². The monoisotopic (exact) mass is 392 g/mol. The topological polar surface area (TPSA) is 42.4 Å². The zero-order chi connectivity index (χ0) is 20.5. The van der Waals surface area contributed by atoms with Crippen LogP contribution in [0.15, 0.2) is 30.5 Å². The lowest BCUT2D eigenvalue weighted by Crippen LogP contribution is -2.32. The summed E-state index contributed by atoms with van der Waals surface area (Å²) >= 11 is 0. The van der Waals surface area contributed by atoms with Crippen molar-refractivity contribution in [2.75, 3.05) is 13.7 Å². The van der Waals surface area contributed by atoms with E-state index >= 15 is 0 Å². The smallest absolute Gasteiger partial charge is 0.433 e. The van der Waals surface area contributed by atoms with Crippen LogP contribution >= 0.6 is 0 Å². The number of amides is 1. The summed E-state index contributed by atoms with van der Waals surface area (Å²) in [5.74, 6) is 0.675. The fourth-order valence-electron chi connectivity index (χ4n) is 3.79. The lowest BCUT2D eigenvalue weighted by molar-refractivity contribution is -0.141. The fraction of sp³-hybridized carbons (Fsp3) is 0.429. The molecular weight excluding hydrogens is 369 g/mol. The Morgan fingerprint density at radius 3 is 2.71 bits per heavy atom. The summed E-state index contributed by atoms with van der Waals surface area (Å²) in [4.78, 5) is 18.3. The number of hydrogen-bond acceptors (Lipinski definition) is 3. The average Bonchev–Trinajstić information content (AvgIpc) is 3.12. The molecule has 1 aliphatic heterocycles. The van der Waals surface area contributed by atoms with E-state index < -0.39 is 11.9 Å². The molecule has 7 heteroatoms. The van der Waals surface area contributed by atoms with E-state index in [1.54, 1.807) is 14.0 Å². The van der Waals surface area contributed by atoms with Gasteiger partial charge < -0.3 is 9.64 Å². The highest BCUT2D eigenvalue weighted by molar-refractivity contribution is 5.80. The van der Waals surface area contributed by atoms with Crippen LogP contribution in [-0.4, -0.2) is 29.4 Å². The highest BCUT2D eigenvalue weighted by Crippen LogP contribution is 2.37. The van der Waals surface area contributed by atoms with Crippen LogP contribution in [0.5, 0.6) is 5.75 Å². The normalized spacial score (nSPS) is 17.1. The standard InChI is InChI=1S/C21H23F3N2O2/c1-13-10-19(21(22,23)24)25-12-15(13)11-20(27)26-9-5-7-17(26)16-6-4-8-18(28-3)14(16)2/h4,6,8,10,12,17H,5,7,9,11H2,1-3H3/t17-/m0/s1. The molecule has 0 aliphatic carbocycles. The number of benzene rings is 1. The Balaban J connectivity index is 1.81. The number of ether oxygens (including phenoxy) is 1. The SMILES string of the molecule is COc1cccc([C@@H]2CCCN2C(=O)Cc2cnc(C(F)(F)F)cc2C)c1C. The van der Waals surface area contributed by atoms with Crippen molar-refractivity contribution in [3.8, 4) is 5.75 Å². The molecule has 2 heterocycles. The van der Waals surface area contributed by atoms with Gasteiger partial charge in [-0.2, -0.15) is 13.2 Å². The lowest BCUT2D eigenvalue weighted by Gasteiger charge is -2.27. The van der Waals surface area contributed by atoms with Gasteiger partial charge in [-0.05, 0) is 61.1 Å². The van der Waals surface area contributed by atoms with Gasteiger partial charge in [0.25, 0.3) is 0 Å². The molecule has 0 unspecified atom stereocenters. The maximum atomic E-state index is 12.9. The molecule has 2 aromatic rings. The van der Waals surface area contributed by atoms with E-state index in [-0.39, 0.29) is 18.4 Å². The molecule has 1 saturated heterocycles. The molecule has 0 N–H and O–H groups in total. The average molecular weight is 392 g/mol. The second kappa shape index (κ2) is 7.81. The summed E-state index contributed by atoms with van der Waals surface area (Å²) in [6.45, 7) is 4.18. The van der Waals surface area contributed by atoms with Gasteiger partial charge in [0.15, 0.2) is 0 Å². The third-order valence-electron chi connectivity index (χ3n) is 5.33. The molecule has 1 fully saturated rings. The van der Waals surface area contributed by atoms with Gasteiger partial charge in [0.05, 0.1) is 19.6 Å². The van der Waals surface area contributed by atoms with E-state index in [1.807, 2.05) is 30.0 Å². The minimum Gasteiger partial charge on any atom is -0.496 e. The number of aryl methyl sites for hydroxylation is 1. The van der Waals surface area contributed by atoms with Crippen LogP contribution in [-0.2, 0) is 17.4 Å². The van der Waals surface area contributed by atoms with Crippen molar-refractivity contribution in [3.05, 3.63) is 58.4 Å². The van der Waals surface area contributed by atoms with Gasteiger partial charge >= 0.3 is 6.18 Å². The van der Waals surface area contributed by atoms with Crippen LogP contribution in [0.2, 0.25) is 0 Å². The van der Waals surface area contributed by atoms with Crippen molar-refractivity contribution < 1.29 is 22.7 Å². The summed E-state index contributed by atoms with van der Waals surface area (Å²) < 4.78 is 43.8. The number of carbonyl (C=O) groups excluding carboxylic acids is 1. The fourth-order valence-corrected chi connectivity index (χ4v) is 3.79. The lowest BCUT2D eigenvalue weighted by atomic mass is 9.98. The number of aromatic nitrogens is 1. The van der Waals surface area contributed by atoms with E-state index in [9.17, 15) is 18.0 Å². The van der Waals surface area contributed by atoms with E-state index in [0.29, 0.717) is 17.7 Å². The number of hydrogen-bond donors (Lipinski definition) is 0. The highest BCUT2D eigenvalue weighted by Gasteiger charge is 2.34. The van der Waals surface area contributed by atoms with Crippen molar-refractivity contribution in [2.45, 2.75) is 45.3 Å². The number of likely N-dealkylation sites (tertiary alicyclic amines) is 1. The molecule has 1 atom stereocenters. The zero-order valence-electron chi connectivity index (χ0n) is 16.1. The molecule has 0 radical (unpaired) electrons. The van der Waals surface area contributed by atoms with Crippen molar-refractivity contribution >= 4 is 5.91 Å². The molecule has 0 saturated carbocycles. The number of rotatable bonds is 4. The first-order valence-electron chi connectivity index (χ1n) is 9.18. The van der Waals surface area contributed by atoms with Crippen LogP contribution in [0.3, 0.4) is 0 Å². The van der Waals surface area contributed by atoms with E-state index in [4.69, 9.17) is 4.74 Å². The number of nitrogens with zero attached hydrogens (tertiary/aromatic N) is 2. The Kier molecular flexibility index (Phi) is 5.63. The summed E-state index contributed by atoms with van der Waals surface area (Å²) in [5.41, 5.74) is 2.05. The van der Waals surface area contributed by atoms with Crippen LogP contribution < -0.4 is 4.74 Å². The molecule has 150 valence electrons. The van der Waals surface area contributed by atoms with E-state index in [0.717, 1.165) is 42.0 Å². The first-order chi connectivity index (χ1) is 13.2. The second-order valence-corrected chi connectivity index (χ2v) is 7.09. The number of halogens is 3. The Morgan fingerprint density at radius 1 is 1.32 bits per heavy atom. The molecule has 0 spiro atoms. The molecule has 3 rings (SSSR count). The van der Waals surface area contributed by atoms with Crippen LogP contribution in [0.1, 0.15) is 46.8 Å². The molecular formula is C21H23F3N2O2. The second-order valence-electron chi connectivity index (χ2n) is 7.09. The Morgan fingerprint density at radius 2 is 2.07 bits per heavy atom. The van der Waals surface area contributed by atoms with Gasteiger partial charge in [-0.3, -0.25) is 9.78 Å². The number of alkyl halides is 3. The molecule has 1 aliphatic rings. The maximum absolute atomic E-state index is 12.9. The maximum Gasteiger partial charge on any atom is 0.433 e. The van der Waals surface area contributed by atoms with Crippen molar-refractivity contribution in [2.24, 2.45) is 0 Å². The zero-order valence-corrected chi connectivity index (χ0v) is 16.1. The molecule has 4 nitrogen and oxygen atoms in total. The van der Waals surface area contributed by atoms with Crippen molar-refractivity contribution in [3.63, 3.8) is 0 Å². The van der Waals surface area contributed by atoms with Crippen molar-refractivity contribution in [1.82, 2.24) is 9.88 Å².